The molecule has 2 unspecified atom stereocenters. The van der Waals surface area contributed by atoms with Gasteiger partial charge in [-0.1, -0.05) is 12.2 Å². The predicted octanol–water partition coefficient (Wildman–Crippen LogP) is 1.56. The molecule has 1 aliphatic rings. The van der Waals surface area contributed by atoms with Gasteiger partial charge in [-0.25, -0.2) is 0 Å². The average molecular weight is 154 g/mol. The Hall–Kier alpha value is -0.630. The zero-order valence-corrected chi connectivity index (χ0v) is 7.04. The summed E-state index contributed by atoms with van der Waals surface area (Å²) in [4.78, 5) is 11.0. The molecule has 2 atom stereocenters. The summed E-state index contributed by atoms with van der Waals surface area (Å²) in [6.07, 6.45) is 4.59. The van der Waals surface area contributed by atoms with Crippen molar-refractivity contribution in [3.05, 3.63) is 12.2 Å². The molecule has 1 fully saturated rings. The average Bonchev–Trinajstić information content (AvgIpc) is 2.00. The SMILES string of the molecule is CC=CC1C(=O)CC1OCC. The Morgan fingerprint density at radius 2 is 2.45 bits per heavy atom. The fourth-order valence-corrected chi connectivity index (χ4v) is 1.32. The van der Waals surface area contributed by atoms with Crippen molar-refractivity contribution in [2.75, 3.05) is 6.61 Å². The fourth-order valence-electron chi connectivity index (χ4n) is 1.32. The number of hydrogen-bond acceptors (Lipinski definition) is 2. The van der Waals surface area contributed by atoms with Gasteiger partial charge < -0.3 is 4.74 Å². The van der Waals surface area contributed by atoms with Crippen molar-refractivity contribution < 1.29 is 9.53 Å². The Balaban J connectivity index is 2.41. The second-order valence-corrected chi connectivity index (χ2v) is 2.72. The van der Waals surface area contributed by atoms with Crippen LogP contribution >= 0.6 is 0 Å². The molecule has 0 N–H and O–H groups in total. The quantitative estimate of drug-likeness (QED) is 0.576. The number of hydrogen-bond donors (Lipinski definition) is 0. The van der Waals surface area contributed by atoms with E-state index >= 15 is 0 Å². The maximum atomic E-state index is 11.0. The number of rotatable bonds is 3. The third-order valence-electron chi connectivity index (χ3n) is 1.96. The van der Waals surface area contributed by atoms with Crippen molar-refractivity contribution in [3.8, 4) is 0 Å². The fraction of sp³-hybridized carbons (Fsp3) is 0.667. The van der Waals surface area contributed by atoms with Crippen LogP contribution in [0, 0.1) is 5.92 Å². The number of carbonyl (C=O) groups excluding carboxylic acids is 1. The lowest BCUT2D eigenvalue weighted by atomic mass is 9.80. The molecular weight excluding hydrogens is 140 g/mol. The van der Waals surface area contributed by atoms with E-state index in [0.29, 0.717) is 18.8 Å². The molecule has 11 heavy (non-hydrogen) atoms. The first-order valence-electron chi connectivity index (χ1n) is 4.06. The summed E-state index contributed by atoms with van der Waals surface area (Å²) in [5, 5.41) is 0. The van der Waals surface area contributed by atoms with Crippen LogP contribution in [-0.4, -0.2) is 18.5 Å². The van der Waals surface area contributed by atoms with E-state index in [1.807, 2.05) is 26.0 Å². The van der Waals surface area contributed by atoms with Gasteiger partial charge in [0.25, 0.3) is 0 Å². The first-order valence-corrected chi connectivity index (χ1v) is 4.06. The monoisotopic (exact) mass is 154 g/mol. The summed E-state index contributed by atoms with van der Waals surface area (Å²) in [5.74, 6) is 0.349. The van der Waals surface area contributed by atoms with Crippen molar-refractivity contribution in [2.24, 2.45) is 5.92 Å². The van der Waals surface area contributed by atoms with Crippen molar-refractivity contribution in [3.63, 3.8) is 0 Å². The highest BCUT2D eigenvalue weighted by atomic mass is 16.5. The molecule has 1 rings (SSSR count). The van der Waals surface area contributed by atoms with Crippen LogP contribution in [0.15, 0.2) is 12.2 Å². The van der Waals surface area contributed by atoms with E-state index in [-0.39, 0.29) is 12.0 Å². The van der Waals surface area contributed by atoms with E-state index < -0.39 is 0 Å². The molecule has 0 bridgehead atoms. The molecule has 0 spiro atoms. The maximum Gasteiger partial charge on any atom is 0.144 e. The van der Waals surface area contributed by atoms with Crippen LogP contribution in [0.5, 0.6) is 0 Å². The Kier molecular flexibility index (Phi) is 2.83. The maximum absolute atomic E-state index is 11.0. The standard InChI is InChI=1S/C9H14O2/c1-3-5-7-8(10)6-9(7)11-4-2/h3,5,7,9H,4,6H2,1-2H3. The highest BCUT2D eigenvalue weighted by Gasteiger charge is 2.37. The molecule has 0 aromatic heterocycles. The van der Waals surface area contributed by atoms with E-state index in [9.17, 15) is 4.79 Å². The minimum Gasteiger partial charge on any atom is -0.377 e. The zero-order valence-electron chi connectivity index (χ0n) is 7.04. The molecule has 1 aliphatic carbocycles. The van der Waals surface area contributed by atoms with Crippen LogP contribution in [0.2, 0.25) is 0 Å². The number of Topliss-reactive ketones (excluding diaryl/α,β-unsaturated/α-hetero) is 1. The van der Waals surface area contributed by atoms with Gasteiger partial charge in [-0.3, -0.25) is 4.79 Å². The van der Waals surface area contributed by atoms with Crippen molar-refractivity contribution in [1.29, 1.82) is 0 Å². The highest BCUT2D eigenvalue weighted by Crippen LogP contribution is 2.27. The van der Waals surface area contributed by atoms with Crippen molar-refractivity contribution >= 4 is 5.78 Å². The summed E-state index contributed by atoms with van der Waals surface area (Å²) in [6, 6.07) is 0. The van der Waals surface area contributed by atoms with Gasteiger partial charge >= 0.3 is 0 Å². The molecule has 2 nitrogen and oxygen atoms in total. The molecular formula is C9H14O2. The lowest BCUT2D eigenvalue weighted by Gasteiger charge is -2.32. The summed E-state index contributed by atoms with van der Waals surface area (Å²) in [6.45, 7) is 4.58. The van der Waals surface area contributed by atoms with Crippen LogP contribution in [0.3, 0.4) is 0 Å². The van der Waals surface area contributed by atoms with Gasteiger partial charge in [0.1, 0.15) is 5.78 Å². The second kappa shape index (κ2) is 3.67. The minimum atomic E-state index is 0.0416. The smallest absolute Gasteiger partial charge is 0.144 e. The topological polar surface area (TPSA) is 26.3 Å². The van der Waals surface area contributed by atoms with Crippen LogP contribution in [0.4, 0.5) is 0 Å². The zero-order chi connectivity index (χ0) is 8.27. The summed E-state index contributed by atoms with van der Waals surface area (Å²) in [7, 11) is 0. The largest absolute Gasteiger partial charge is 0.377 e. The number of allylic oxidation sites excluding steroid dienone is 1. The van der Waals surface area contributed by atoms with E-state index in [0.717, 1.165) is 0 Å². The Labute approximate surface area is 67.2 Å². The Morgan fingerprint density at radius 1 is 1.73 bits per heavy atom. The van der Waals surface area contributed by atoms with E-state index in [2.05, 4.69) is 0 Å². The summed E-state index contributed by atoms with van der Waals surface area (Å²) in [5.41, 5.74) is 0. The summed E-state index contributed by atoms with van der Waals surface area (Å²) >= 11 is 0. The molecule has 0 saturated heterocycles. The Morgan fingerprint density at radius 3 is 2.91 bits per heavy atom. The molecule has 0 heterocycles. The van der Waals surface area contributed by atoms with Crippen LogP contribution < -0.4 is 0 Å². The van der Waals surface area contributed by atoms with Gasteiger partial charge in [-0.05, 0) is 13.8 Å². The minimum absolute atomic E-state index is 0.0416. The van der Waals surface area contributed by atoms with Gasteiger partial charge in [0.15, 0.2) is 0 Å². The van der Waals surface area contributed by atoms with Crippen LogP contribution in [0.1, 0.15) is 20.3 Å². The van der Waals surface area contributed by atoms with Crippen molar-refractivity contribution in [2.45, 2.75) is 26.4 Å². The van der Waals surface area contributed by atoms with E-state index in [1.54, 1.807) is 0 Å². The first kappa shape index (κ1) is 8.47. The van der Waals surface area contributed by atoms with Gasteiger partial charge in [0, 0.05) is 13.0 Å². The molecule has 2 heteroatoms. The van der Waals surface area contributed by atoms with Gasteiger partial charge in [0.05, 0.1) is 12.0 Å². The van der Waals surface area contributed by atoms with E-state index in [1.165, 1.54) is 0 Å². The third kappa shape index (κ3) is 1.69. The lowest BCUT2D eigenvalue weighted by Crippen LogP contribution is -2.42. The third-order valence-corrected chi connectivity index (χ3v) is 1.96. The molecule has 0 radical (unpaired) electrons. The molecule has 0 amide bonds. The van der Waals surface area contributed by atoms with Gasteiger partial charge in [-0.2, -0.15) is 0 Å². The molecule has 0 aromatic carbocycles. The predicted molar refractivity (Wildman–Crippen MR) is 43.3 cm³/mol. The van der Waals surface area contributed by atoms with Crippen LogP contribution in [-0.2, 0) is 9.53 Å². The highest BCUT2D eigenvalue weighted by molar-refractivity contribution is 5.89. The molecule has 62 valence electrons. The van der Waals surface area contributed by atoms with Crippen LogP contribution in [0.25, 0.3) is 0 Å². The van der Waals surface area contributed by atoms with Gasteiger partial charge in [0.2, 0.25) is 0 Å². The Bertz CT molecular complexity index is 172. The van der Waals surface area contributed by atoms with Gasteiger partial charge in [-0.15, -0.1) is 0 Å². The number of ketones is 1. The van der Waals surface area contributed by atoms with E-state index in [4.69, 9.17) is 4.74 Å². The lowest BCUT2D eigenvalue weighted by molar-refractivity contribution is -0.140. The molecule has 0 aromatic rings. The second-order valence-electron chi connectivity index (χ2n) is 2.72. The number of ether oxygens (including phenoxy) is 1. The number of carbonyl (C=O) groups is 1. The van der Waals surface area contributed by atoms with Crippen molar-refractivity contribution in [1.82, 2.24) is 0 Å². The summed E-state index contributed by atoms with van der Waals surface area (Å²) < 4.78 is 5.34. The first-order chi connectivity index (χ1) is 5.29. The molecule has 0 aliphatic heterocycles. The normalized spacial score (nSPS) is 30.9. The molecule has 1 saturated carbocycles.